The predicted octanol–water partition coefficient (Wildman–Crippen LogP) is 2.70. The van der Waals surface area contributed by atoms with Gasteiger partial charge in [-0.3, -0.25) is 4.98 Å². The van der Waals surface area contributed by atoms with E-state index in [-0.39, 0.29) is 5.56 Å². The lowest BCUT2D eigenvalue weighted by Gasteiger charge is -2.11. The van der Waals surface area contributed by atoms with Crippen LogP contribution in [-0.4, -0.2) is 16.1 Å². The third kappa shape index (κ3) is 2.53. The maximum atomic E-state index is 11.1. The molecule has 2 aromatic rings. The highest BCUT2D eigenvalue weighted by atomic mass is 16.4. The molecule has 5 heteroatoms. The largest absolute Gasteiger partial charge is 0.478 e. The predicted molar refractivity (Wildman–Crippen MR) is 70.4 cm³/mol. The molecule has 1 aromatic carbocycles. The van der Waals surface area contributed by atoms with E-state index < -0.39 is 5.97 Å². The number of pyridine rings is 1. The van der Waals surface area contributed by atoms with Gasteiger partial charge < -0.3 is 10.4 Å². The summed E-state index contributed by atoms with van der Waals surface area (Å²) in [5.41, 5.74) is 2.35. The number of carboxylic acids is 1. The van der Waals surface area contributed by atoms with Crippen LogP contribution >= 0.6 is 0 Å². The van der Waals surface area contributed by atoms with E-state index in [1.54, 1.807) is 12.1 Å². The fourth-order valence-electron chi connectivity index (χ4n) is 1.75. The van der Waals surface area contributed by atoms with E-state index in [2.05, 4.69) is 16.4 Å². The van der Waals surface area contributed by atoms with Crippen molar-refractivity contribution in [2.24, 2.45) is 0 Å². The van der Waals surface area contributed by atoms with Gasteiger partial charge in [0.15, 0.2) is 0 Å². The number of aromatic carboxylic acids is 1. The van der Waals surface area contributed by atoms with E-state index in [0.717, 1.165) is 5.56 Å². The van der Waals surface area contributed by atoms with Gasteiger partial charge in [-0.25, -0.2) is 4.79 Å². The first-order valence-corrected chi connectivity index (χ1v) is 5.57. The molecule has 0 fully saturated rings. The quantitative estimate of drug-likeness (QED) is 0.878. The molecule has 0 atom stereocenters. The number of rotatable bonds is 3. The molecule has 5 nitrogen and oxygen atoms in total. The lowest BCUT2D eigenvalue weighted by molar-refractivity contribution is 0.0698. The molecule has 19 heavy (non-hydrogen) atoms. The highest BCUT2D eigenvalue weighted by molar-refractivity contribution is 5.95. The van der Waals surface area contributed by atoms with Crippen LogP contribution in [0, 0.1) is 18.3 Å². The third-order valence-electron chi connectivity index (χ3n) is 2.71. The van der Waals surface area contributed by atoms with Crippen LogP contribution in [0.5, 0.6) is 0 Å². The van der Waals surface area contributed by atoms with Gasteiger partial charge in [0.1, 0.15) is 6.07 Å². The van der Waals surface area contributed by atoms with E-state index in [9.17, 15) is 4.79 Å². The second-order valence-electron chi connectivity index (χ2n) is 3.96. The van der Waals surface area contributed by atoms with Crippen LogP contribution in [0.1, 0.15) is 21.5 Å². The molecule has 2 N–H and O–H groups in total. The molecule has 0 aliphatic carbocycles. The molecule has 0 radical (unpaired) electrons. The molecule has 0 bridgehead atoms. The maximum Gasteiger partial charge on any atom is 0.337 e. The minimum atomic E-state index is -1.05. The lowest BCUT2D eigenvalue weighted by atomic mass is 10.1. The molecule has 0 spiro atoms. The van der Waals surface area contributed by atoms with Gasteiger partial charge in [-0.2, -0.15) is 5.26 Å². The van der Waals surface area contributed by atoms with Crippen LogP contribution in [0.2, 0.25) is 0 Å². The van der Waals surface area contributed by atoms with Crippen LogP contribution in [-0.2, 0) is 0 Å². The molecule has 0 aliphatic rings. The molecule has 0 amide bonds. The normalized spacial score (nSPS) is 9.68. The van der Waals surface area contributed by atoms with Gasteiger partial charge in [0.25, 0.3) is 0 Å². The molecule has 0 aliphatic heterocycles. The third-order valence-corrected chi connectivity index (χ3v) is 2.71. The van der Waals surface area contributed by atoms with Gasteiger partial charge in [-0.15, -0.1) is 0 Å². The van der Waals surface area contributed by atoms with Crippen LogP contribution in [0.25, 0.3) is 0 Å². The number of aromatic nitrogens is 1. The highest BCUT2D eigenvalue weighted by Gasteiger charge is 2.12. The second-order valence-corrected chi connectivity index (χ2v) is 3.96. The lowest BCUT2D eigenvalue weighted by Crippen LogP contribution is -2.04. The van der Waals surface area contributed by atoms with Gasteiger partial charge >= 0.3 is 5.97 Å². The van der Waals surface area contributed by atoms with E-state index in [1.807, 2.05) is 13.0 Å². The first kappa shape index (κ1) is 12.6. The summed E-state index contributed by atoms with van der Waals surface area (Å²) in [6.07, 6.45) is 2.84. The molecule has 0 saturated heterocycles. The summed E-state index contributed by atoms with van der Waals surface area (Å²) >= 11 is 0. The number of nitriles is 1. The molecular weight excluding hydrogens is 242 g/mol. The topological polar surface area (TPSA) is 86.0 Å². The average Bonchev–Trinajstić information content (AvgIpc) is 2.39. The number of carbonyl (C=O) groups is 1. The monoisotopic (exact) mass is 253 g/mol. The second kappa shape index (κ2) is 5.19. The van der Waals surface area contributed by atoms with Crippen LogP contribution in [0.15, 0.2) is 36.7 Å². The van der Waals surface area contributed by atoms with Gasteiger partial charge in [0.05, 0.1) is 28.7 Å². The number of nitrogens with one attached hydrogen (secondary N) is 1. The summed E-state index contributed by atoms with van der Waals surface area (Å²) in [7, 11) is 0. The number of hydrogen-bond donors (Lipinski definition) is 2. The van der Waals surface area contributed by atoms with Crippen molar-refractivity contribution in [3.8, 4) is 6.07 Å². The van der Waals surface area contributed by atoms with E-state index in [1.165, 1.54) is 18.5 Å². The zero-order valence-corrected chi connectivity index (χ0v) is 10.2. The molecule has 0 unspecified atom stereocenters. The van der Waals surface area contributed by atoms with Crippen molar-refractivity contribution in [3.05, 3.63) is 53.3 Å². The SMILES string of the molecule is Cc1cccc(Nc2cnccc2C(=O)O)c1C#N. The van der Waals surface area contributed by atoms with Crippen molar-refractivity contribution in [1.29, 1.82) is 5.26 Å². The minimum absolute atomic E-state index is 0.111. The minimum Gasteiger partial charge on any atom is -0.478 e. The first-order chi connectivity index (χ1) is 9.13. The average molecular weight is 253 g/mol. The fourth-order valence-corrected chi connectivity index (χ4v) is 1.75. The fraction of sp³-hybridized carbons (Fsp3) is 0.0714. The summed E-state index contributed by atoms with van der Waals surface area (Å²) in [5, 5.41) is 21.2. The molecule has 1 heterocycles. The Labute approximate surface area is 110 Å². The summed E-state index contributed by atoms with van der Waals surface area (Å²) in [6.45, 7) is 1.82. The van der Waals surface area contributed by atoms with Crippen molar-refractivity contribution in [2.75, 3.05) is 5.32 Å². The van der Waals surface area contributed by atoms with E-state index >= 15 is 0 Å². The molecule has 2 rings (SSSR count). The van der Waals surface area contributed by atoms with Crippen molar-refractivity contribution < 1.29 is 9.90 Å². The van der Waals surface area contributed by atoms with Crippen molar-refractivity contribution in [3.63, 3.8) is 0 Å². The van der Waals surface area contributed by atoms with E-state index in [4.69, 9.17) is 10.4 Å². The summed E-state index contributed by atoms with van der Waals surface area (Å²) in [5.74, 6) is -1.05. The van der Waals surface area contributed by atoms with E-state index in [0.29, 0.717) is 16.9 Å². The standard InChI is InChI=1S/C14H11N3O2/c1-9-3-2-4-12(11(9)7-15)17-13-8-16-6-5-10(13)14(18)19/h2-6,8,17H,1H3,(H,18,19). The summed E-state index contributed by atoms with van der Waals surface area (Å²) in [4.78, 5) is 15.0. The first-order valence-electron chi connectivity index (χ1n) is 5.57. The van der Waals surface area contributed by atoms with Gasteiger partial charge in [0, 0.05) is 6.20 Å². The smallest absolute Gasteiger partial charge is 0.337 e. The Morgan fingerprint density at radius 3 is 2.84 bits per heavy atom. The zero-order valence-electron chi connectivity index (χ0n) is 10.2. The van der Waals surface area contributed by atoms with Crippen LogP contribution < -0.4 is 5.32 Å². The number of carboxylic acid groups (broad SMARTS) is 1. The van der Waals surface area contributed by atoms with Gasteiger partial charge in [-0.1, -0.05) is 12.1 Å². The highest BCUT2D eigenvalue weighted by Crippen LogP contribution is 2.24. The van der Waals surface area contributed by atoms with Gasteiger partial charge in [-0.05, 0) is 24.6 Å². The Morgan fingerprint density at radius 1 is 1.37 bits per heavy atom. The number of aryl methyl sites for hydroxylation is 1. The number of anilines is 2. The Bertz CT molecular complexity index is 675. The summed E-state index contributed by atoms with van der Waals surface area (Å²) < 4.78 is 0. The maximum absolute atomic E-state index is 11.1. The Balaban J connectivity index is 2.46. The number of benzene rings is 1. The van der Waals surface area contributed by atoms with Crippen molar-refractivity contribution >= 4 is 17.3 Å². The molecule has 94 valence electrons. The Hall–Kier alpha value is -2.87. The van der Waals surface area contributed by atoms with Gasteiger partial charge in [0.2, 0.25) is 0 Å². The van der Waals surface area contributed by atoms with Crippen LogP contribution in [0.3, 0.4) is 0 Å². The van der Waals surface area contributed by atoms with Crippen molar-refractivity contribution in [1.82, 2.24) is 4.98 Å². The molecule has 0 saturated carbocycles. The molecular formula is C14H11N3O2. The number of nitrogens with zero attached hydrogens (tertiary/aromatic N) is 2. The Kier molecular flexibility index (Phi) is 3.44. The molecule has 1 aromatic heterocycles. The van der Waals surface area contributed by atoms with Crippen LogP contribution in [0.4, 0.5) is 11.4 Å². The van der Waals surface area contributed by atoms with Crippen molar-refractivity contribution in [2.45, 2.75) is 6.92 Å². The zero-order chi connectivity index (χ0) is 13.8. The number of hydrogen-bond acceptors (Lipinski definition) is 4. The Morgan fingerprint density at radius 2 is 2.16 bits per heavy atom. The summed E-state index contributed by atoms with van der Waals surface area (Å²) in [6, 6.07) is 8.86.